The number of carboxylic acid groups (broad SMARTS) is 1. The highest BCUT2D eigenvalue weighted by molar-refractivity contribution is 7.99. The van der Waals surface area contributed by atoms with E-state index in [4.69, 9.17) is 4.74 Å². The summed E-state index contributed by atoms with van der Waals surface area (Å²) in [6, 6.07) is 11.8. The van der Waals surface area contributed by atoms with Crippen LogP contribution < -0.4 is 4.74 Å². The van der Waals surface area contributed by atoms with Crippen LogP contribution in [0.3, 0.4) is 0 Å². The molecule has 0 aliphatic heterocycles. The third-order valence-electron chi connectivity index (χ3n) is 3.33. The molecule has 0 radical (unpaired) electrons. The van der Waals surface area contributed by atoms with Crippen LogP contribution in [0.5, 0.6) is 5.75 Å². The number of nitro benzene ring substituents is 1. The number of carbonyl (C=O) groups is 2. The molecule has 0 heterocycles. The number of thioether (sulfide) groups is 1. The summed E-state index contributed by atoms with van der Waals surface area (Å²) in [7, 11) is 0. The van der Waals surface area contributed by atoms with Gasteiger partial charge in [-0.2, -0.15) is 0 Å². The van der Waals surface area contributed by atoms with E-state index in [-0.39, 0.29) is 16.3 Å². The number of hydrogen-bond acceptors (Lipinski definition) is 7. The summed E-state index contributed by atoms with van der Waals surface area (Å²) in [6.07, 6.45) is -1.79. The lowest BCUT2D eigenvalue weighted by molar-refractivity contribution is -0.387. The number of carboxylic acids is 1. The van der Waals surface area contributed by atoms with Gasteiger partial charge < -0.3 is 14.9 Å². The molecule has 136 valence electrons. The molecule has 0 unspecified atom stereocenters. The minimum absolute atomic E-state index is 0.184. The minimum Gasteiger partial charge on any atom is -0.479 e. The van der Waals surface area contributed by atoms with Crippen molar-refractivity contribution in [3.63, 3.8) is 0 Å². The molecule has 0 saturated heterocycles. The quantitative estimate of drug-likeness (QED) is 0.248. The van der Waals surface area contributed by atoms with Crippen molar-refractivity contribution < 1.29 is 29.5 Å². The van der Waals surface area contributed by atoms with Gasteiger partial charge in [0, 0.05) is 13.0 Å². The largest absolute Gasteiger partial charge is 0.479 e. The predicted octanol–water partition coefficient (Wildman–Crippen LogP) is 2.80. The van der Waals surface area contributed by atoms with Crippen molar-refractivity contribution in [1.29, 1.82) is 0 Å². The van der Waals surface area contributed by atoms with Crippen LogP contribution in [-0.4, -0.2) is 33.2 Å². The molecule has 8 nitrogen and oxygen atoms in total. The number of nitro groups is 1. The van der Waals surface area contributed by atoms with Crippen molar-refractivity contribution >= 4 is 29.4 Å². The summed E-state index contributed by atoms with van der Waals surface area (Å²) in [6.45, 7) is 1.25. The first kappa shape index (κ1) is 19.4. The molecule has 0 aliphatic rings. The zero-order valence-electron chi connectivity index (χ0n) is 13.6. The molecule has 2 N–H and O–H groups in total. The summed E-state index contributed by atoms with van der Waals surface area (Å²) in [5, 5.41) is 29.4. The maximum atomic E-state index is 11.3. The number of ether oxygens (including phenoxy) is 1. The van der Waals surface area contributed by atoms with Crippen LogP contribution in [-0.2, 0) is 9.59 Å². The number of hydrogen-bond donors (Lipinski definition) is 2. The van der Waals surface area contributed by atoms with E-state index >= 15 is 0 Å². The number of rotatable bonds is 7. The van der Waals surface area contributed by atoms with Crippen LogP contribution in [0.4, 0.5) is 5.69 Å². The van der Waals surface area contributed by atoms with Gasteiger partial charge in [0.05, 0.1) is 15.1 Å². The van der Waals surface area contributed by atoms with Crippen LogP contribution in [0, 0.1) is 10.1 Å². The Morgan fingerprint density at radius 1 is 1.15 bits per heavy atom. The van der Waals surface area contributed by atoms with Gasteiger partial charge in [-0.3, -0.25) is 14.9 Å². The Morgan fingerprint density at radius 3 is 2.31 bits per heavy atom. The van der Waals surface area contributed by atoms with Crippen molar-refractivity contribution in [3.8, 4) is 5.75 Å². The molecule has 0 spiro atoms. The standard InChI is InChI=1S/C17H15NO7S/c1-10(19)25-12-8-6-11(7-9-12)16(15(20)17(21)22)26-14-5-3-2-4-13(14)18(23)24/h2-9,15-16,20H,1H3,(H,21,22)/t15-,16+/m1/s1. The van der Waals surface area contributed by atoms with Crippen LogP contribution in [0.1, 0.15) is 17.7 Å². The fraction of sp³-hybridized carbons (Fsp3) is 0.176. The smallest absolute Gasteiger partial charge is 0.334 e. The van der Waals surface area contributed by atoms with Gasteiger partial charge in [-0.15, -0.1) is 11.8 Å². The minimum atomic E-state index is -1.79. The van der Waals surface area contributed by atoms with E-state index in [2.05, 4.69) is 0 Å². The second-order valence-corrected chi connectivity index (χ2v) is 6.39. The van der Waals surface area contributed by atoms with Gasteiger partial charge >= 0.3 is 11.9 Å². The average molecular weight is 377 g/mol. The summed E-state index contributed by atoms with van der Waals surface area (Å²) in [5.74, 6) is -1.69. The van der Waals surface area contributed by atoms with Gasteiger partial charge in [0.2, 0.25) is 0 Å². The Balaban J connectivity index is 2.37. The lowest BCUT2D eigenvalue weighted by Gasteiger charge is -2.20. The number of para-hydroxylation sites is 1. The summed E-state index contributed by atoms with van der Waals surface area (Å²) in [5.41, 5.74) is 0.232. The van der Waals surface area contributed by atoms with Crippen LogP contribution in [0.15, 0.2) is 53.4 Å². The molecule has 0 amide bonds. The number of aliphatic hydroxyl groups is 1. The Labute approximate surface area is 152 Å². The number of aliphatic hydroxyl groups excluding tert-OH is 1. The van der Waals surface area contributed by atoms with E-state index in [0.29, 0.717) is 5.56 Å². The second kappa shape index (κ2) is 8.45. The molecule has 0 aromatic heterocycles. The van der Waals surface area contributed by atoms with Crippen LogP contribution in [0.25, 0.3) is 0 Å². The van der Waals surface area contributed by atoms with Gasteiger partial charge in [0.15, 0.2) is 6.10 Å². The zero-order chi connectivity index (χ0) is 19.3. The van der Waals surface area contributed by atoms with Gasteiger partial charge in [-0.1, -0.05) is 24.3 Å². The van der Waals surface area contributed by atoms with Crippen molar-refractivity contribution in [2.45, 2.75) is 23.2 Å². The van der Waals surface area contributed by atoms with E-state index in [1.807, 2.05) is 0 Å². The van der Waals surface area contributed by atoms with Gasteiger partial charge in [-0.05, 0) is 23.8 Å². The Kier molecular flexibility index (Phi) is 6.31. The maximum Gasteiger partial charge on any atom is 0.334 e. The molecule has 2 aromatic carbocycles. The predicted molar refractivity (Wildman–Crippen MR) is 93.1 cm³/mol. The Hall–Kier alpha value is -2.91. The van der Waals surface area contributed by atoms with Crippen molar-refractivity contribution in [2.75, 3.05) is 0 Å². The second-order valence-electron chi connectivity index (χ2n) is 5.21. The Morgan fingerprint density at radius 2 is 1.77 bits per heavy atom. The van der Waals surface area contributed by atoms with Gasteiger partial charge in [-0.25, -0.2) is 4.79 Å². The van der Waals surface area contributed by atoms with Crippen molar-refractivity contribution in [3.05, 3.63) is 64.2 Å². The van der Waals surface area contributed by atoms with E-state index in [0.717, 1.165) is 11.8 Å². The first-order chi connectivity index (χ1) is 12.3. The number of carbonyl (C=O) groups excluding carboxylic acids is 1. The van der Waals surface area contributed by atoms with Crippen molar-refractivity contribution in [1.82, 2.24) is 0 Å². The molecular formula is C17H15NO7S. The van der Waals surface area contributed by atoms with Crippen LogP contribution >= 0.6 is 11.8 Å². The SMILES string of the molecule is CC(=O)Oc1ccc([C@H](Sc2ccccc2[N+](=O)[O-])[C@@H](O)C(=O)O)cc1. The highest BCUT2D eigenvalue weighted by Gasteiger charge is 2.30. The number of nitrogens with zero attached hydrogens (tertiary/aromatic N) is 1. The first-order valence-corrected chi connectivity index (χ1v) is 8.27. The first-order valence-electron chi connectivity index (χ1n) is 7.39. The molecule has 26 heavy (non-hydrogen) atoms. The molecule has 2 rings (SSSR count). The highest BCUT2D eigenvalue weighted by Crippen LogP contribution is 2.42. The highest BCUT2D eigenvalue weighted by atomic mass is 32.2. The molecule has 2 aromatic rings. The van der Waals surface area contributed by atoms with E-state index in [1.54, 1.807) is 6.07 Å². The molecule has 2 atom stereocenters. The lowest BCUT2D eigenvalue weighted by Crippen LogP contribution is -2.26. The maximum absolute atomic E-state index is 11.3. The fourth-order valence-corrected chi connectivity index (χ4v) is 3.41. The summed E-state index contributed by atoms with van der Waals surface area (Å²) >= 11 is 0.873. The number of benzene rings is 2. The van der Waals surface area contributed by atoms with Crippen molar-refractivity contribution in [2.24, 2.45) is 0 Å². The third kappa shape index (κ3) is 4.80. The molecule has 0 aliphatic carbocycles. The zero-order valence-corrected chi connectivity index (χ0v) is 14.4. The number of aliphatic carboxylic acids is 1. The molecule has 9 heteroatoms. The van der Waals surface area contributed by atoms with Gasteiger partial charge in [0.1, 0.15) is 5.75 Å². The normalized spacial score (nSPS) is 12.8. The summed E-state index contributed by atoms with van der Waals surface area (Å²) in [4.78, 5) is 33.0. The van der Waals surface area contributed by atoms with E-state index in [1.165, 1.54) is 49.4 Å². The number of esters is 1. The van der Waals surface area contributed by atoms with Crippen LogP contribution in [0.2, 0.25) is 0 Å². The van der Waals surface area contributed by atoms with Gasteiger partial charge in [0.25, 0.3) is 5.69 Å². The Bertz CT molecular complexity index is 822. The summed E-state index contributed by atoms with van der Waals surface area (Å²) < 4.78 is 4.91. The molecule has 0 bridgehead atoms. The molecule has 0 fully saturated rings. The van der Waals surface area contributed by atoms with E-state index < -0.39 is 28.2 Å². The fourth-order valence-electron chi connectivity index (χ4n) is 2.18. The average Bonchev–Trinajstić information content (AvgIpc) is 2.59. The molecular weight excluding hydrogens is 362 g/mol. The topological polar surface area (TPSA) is 127 Å². The van der Waals surface area contributed by atoms with E-state index in [9.17, 15) is 29.9 Å². The monoisotopic (exact) mass is 377 g/mol. The molecule has 0 saturated carbocycles. The lowest BCUT2D eigenvalue weighted by atomic mass is 10.1. The third-order valence-corrected chi connectivity index (χ3v) is 4.71.